The molecule has 5 nitrogen and oxygen atoms in total. The van der Waals surface area contributed by atoms with E-state index in [9.17, 15) is 23.9 Å². The van der Waals surface area contributed by atoms with E-state index in [1.54, 1.807) is 6.92 Å². The third-order valence-corrected chi connectivity index (χ3v) is 8.68. The summed E-state index contributed by atoms with van der Waals surface area (Å²) in [5, 5.41) is 10.4. The third-order valence-electron chi connectivity index (χ3n) is 8.68. The minimum atomic E-state index is -2.11. The van der Waals surface area contributed by atoms with Gasteiger partial charge in [0.1, 0.15) is 5.75 Å². The van der Waals surface area contributed by atoms with E-state index in [-0.39, 0.29) is 18.1 Å². The topological polar surface area (TPSA) is 80.7 Å². The molecule has 0 aliphatic carbocycles. The number of rotatable bonds is 10. The first kappa shape index (κ1) is 41.0. The number of phenols is 1. The Morgan fingerprint density at radius 3 is 1.39 bits per heavy atom. The summed E-state index contributed by atoms with van der Waals surface area (Å²) in [7, 11) is 0. The lowest BCUT2D eigenvalue weighted by Crippen LogP contribution is -2.25. The molecule has 0 heterocycles. The van der Waals surface area contributed by atoms with Gasteiger partial charge in [0.05, 0.1) is 6.61 Å². The van der Waals surface area contributed by atoms with Crippen LogP contribution >= 0.6 is 0 Å². The summed E-state index contributed by atoms with van der Waals surface area (Å²) >= 11 is 0. The molecule has 0 radical (unpaired) electrons. The molecule has 1 atom stereocenters. The maximum Gasteiger partial charge on any atom is 0.348 e. The quantitative estimate of drug-likeness (QED) is 0.0494. The van der Waals surface area contributed by atoms with Crippen LogP contribution in [0.15, 0.2) is 194 Å². The van der Waals surface area contributed by atoms with Crippen LogP contribution in [-0.4, -0.2) is 35.4 Å². The number of hydrogen-bond acceptors (Lipinski definition) is 5. The van der Waals surface area contributed by atoms with Crippen molar-refractivity contribution in [3.63, 3.8) is 0 Å². The number of esters is 1. The number of ketones is 2. The van der Waals surface area contributed by atoms with E-state index in [1.807, 2.05) is 164 Å². The highest BCUT2D eigenvalue weighted by atomic mass is 19.1. The molecule has 1 N–H and O–H groups in total. The van der Waals surface area contributed by atoms with Crippen LogP contribution in [0.2, 0.25) is 0 Å². The number of aromatic hydroxyl groups is 1. The van der Waals surface area contributed by atoms with Gasteiger partial charge in [-0.3, -0.25) is 9.59 Å². The van der Waals surface area contributed by atoms with Gasteiger partial charge in [-0.1, -0.05) is 182 Å². The van der Waals surface area contributed by atoms with Gasteiger partial charge < -0.3 is 9.84 Å². The van der Waals surface area contributed by atoms with Gasteiger partial charge in [0.2, 0.25) is 0 Å². The van der Waals surface area contributed by atoms with Crippen LogP contribution < -0.4 is 0 Å². The fraction of sp³-hybridized carbons (Fsp3) is 0.0784. The lowest BCUT2D eigenvalue weighted by molar-refractivity contribution is -0.152. The van der Waals surface area contributed by atoms with E-state index in [0.717, 1.165) is 51.4 Å². The van der Waals surface area contributed by atoms with Gasteiger partial charge in [-0.05, 0) is 76.6 Å². The van der Waals surface area contributed by atoms with Crippen molar-refractivity contribution in [1.82, 2.24) is 0 Å². The van der Waals surface area contributed by atoms with Gasteiger partial charge in [0, 0.05) is 11.1 Å². The van der Waals surface area contributed by atoms with Gasteiger partial charge in [-0.15, -0.1) is 0 Å². The smallest absolute Gasteiger partial charge is 0.348 e. The predicted molar refractivity (Wildman–Crippen MR) is 228 cm³/mol. The second kappa shape index (κ2) is 21.1. The van der Waals surface area contributed by atoms with Crippen LogP contribution in [0, 0.1) is 0 Å². The molecule has 0 saturated carbocycles. The standard InChI is InChI=1S/C24H18O.C21H16O.C6H9FO3/c25-21-16-22(18-10-4-1-5-11-18)24(20-14-8-3-9-15-20)23(17-21)19-12-6-2-7-13-19;22-21(19-14-8-3-9-15-19)20(18-12-6-2-7-13-18)16-17-10-4-1-5-11-17;1-3-10-6(9)5(7)4(2)8/h1-17,25H;1-16H;5H,3H2,1-2H3/b;20-16+;. The number of Topliss-reactive ketones (excluding diaryl/α,β-unsaturated/α-hetero) is 2. The molecule has 1 unspecified atom stereocenters. The molecule has 57 heavy (non-hydrogen) atoms. The van der Waals surface area contributed by atoms with E-state index in [4.69, 9.17) is 0 Å². The fourth-order valence-corrected chi connectivity index (χ4v) is 5.97. The molecule has 7 aromatic carbocycles. The Kier molecular flexibility index (Phi) is 15.1. The average Bonchev–Trinajstić information content (AvgIpc) is 3.27. The molecule has 284 valence electrons. The number of hydrogen-bond donors (Lipinski definition) is 1. The Morgan fingerprint density at radius 2 is 0.965 bits per heavy atom. The van der Waals surface area contributed by atoms with E-state index in [1.165, 1.54) is 0 Å². The number of benzene rings is 7. The van der Waals surface area contributed by atoms with Gasteiger partial charge >= 0.3 is 5.97 Å². The minimum Gasteiger partial charge on any atom is -0.508 e. The highest BCUT2D eigenvalue weighted by Crippen LogP contribution is 2.42. The second-order valence-electron chi connectivity index (χ2n) is 12.8. The average molecular weight is 755 g/mol. The predicted octanol–water partition coefficient (Wildman–Crippen LogP) is 12.0. The number of phenolic OH excluding ortho intramolecular Hbond substituents is 1. The van der Waals surface area contributed by atoms with E-state index in [0.29, 0.717) is 11.1 Å². The molecule has 7 aromatic rings. The second-order valence-corrected chi connectivity index (χ2v) is 12.8. The van der Waals surface area contributed by atoms with Gasteiger partial charge in [0.15, 0.2) is 11.6 Å². The molecular formula is C51H43FO5. The van der Waals surface area contributed by atoms with Crippen molar-refractivity contribution in [1.29, 1.82) is 0 Å². The molecule has 0 aliphatic rings. The maximum atomic E-state index is 12.9. The van der Waals surface area contributed by atoms with E-state index < -0.39 is 17.9 Å². The summed E-state index contributed by atoms with van der Waals surface area (Å²) < 4.78 is 16.5. The molecule has 6 heteroatoms. The number of halogens is 1. The normalized spacial score (nSPS) is 11.1. The Hall–Kier alpha value is -7.18. The lowest BCUT2D eigenvalue weighted by atomic mass is 9.87. The number of carbonyl (C=O) groups excluding carboxylic acids is 3. The van der Waals surface area contributed by atoms with Crippen LogP contribution in [-0.2, 0) is 14.3 Å². The molecule has 0 aromatic heterocycles. The minimum absolute atomic E-state index is 0.0376. The fourth-order valence-electron chi connectivity index (χ4n) is 5.97. The van der Waals surface area contributed by atoms with Gasteiger partial charge in [0.25, 0.3) is 6.17 Å². The van der Waals surface area contributed by atoms with Gasteiger partial charge in [-0.2, -0.15) is 0 Å². The van der Waals surface area contributed by atoms with Crippen LogP contribution in [0.3, 0.4) is 0 Å². The summed E-state index contributed by atoms with van der Waals surface area (Å²) in [6.45, 7) is 2.64. The molecule has 0 bridgehead atoms. The molecule has 0 fully saturated rings. The van der Waals surface area contributed by atoms with Gasteiger partial charge in [-0.25, -0.2) is 9.18 Å². The first-order chi connectivity index (χ1) is 27.8. The largest absolute Gasteiger partial charge is 0.508 e. The molecule has 7 rings (SSSR count). The van der Waals surface area contributed by atoms with Crippen molar-refractivity contribution in [3.05, 3.63) is 211 Å². The first-order valence-electron chi connectivity index (χ1n) is 18.5. The Balaban J connectivity index is 0.000000178. The monoisotopic (exact) mass is 754 g/mol. The van der Waals surface area contributed by atoms with Crippen molar-refractivity contribution < 1.29 is 28.6 Å². The molecule has 0 saturated heterocycles. The van der Waals surface area contributed by atoms with Crippen LogP contribution in [0.1, 0.15) is 35.3 Å². The van der Waals surface area contributed by atoms with Crippen molar-refractivity contribution in [2.45, 2.75) is 20.0 Å². The molecular weight excluding hydrogens is 712 g/mol. The molecule has 0 spiro atoms. The number of carbonyl (C=O) groups is 3. The summed E-state index contributed by atoms with van der Waals surface area (Å²) in [6, 6.07) is 63.6. The van der Waals surface area contributed by atoms with E-state index in [2.05, 4.69) is 41.1 Å². The third kappa shape index (κ3) is 11.7. The Morgan fingerprint density at radius 1 is 0.579 bits per heavy atom. The summed E-state index contributed by atoms with van der Waals surface area (Å²) in [5.41, 5.74) is 9.88. The van der Waals surface area contributed by atoms with Crippen molar-refractivity contribution >= 4 is 29.2 Å². The zero-order valence-corrected chi connectivity index (χ0v) is 31.8. The zero-order valence-electron chi connectivity index (χ0n) is 31.8. The first-order valence-corrected chi connectivity index (χ1v) is 18.5. The van der Waals surface area contributed by atoms with Crippen molar-refractivity contribution in [3.8, 4) is 39.1 Å². The van der Waals surface area contributed by atoms with Crippen molar-refractivity contribution in [2.75, 3.05) is 6.61 Å². The summed E-state index contributed by atoms with van der Waals surface area (Å²) in [5.74, 6) is -1.61. The van der Waals surface area contributed by atoms with E-state index >= 15 is 0 Å². The molecule has 0 amide bonds. The summed E-state index contributed by atoms with van der Waals surface area (Å²) in [6.07, 6.45) is -0.162. The number of allylic oxidation sites excluding steroid dienone is 1. The van der Waals surface area contributed by atoms with Crippen LogP contribution in [0.25, 0.3) is 45.0 Å². The Bertz CT molecular complexity index is 2300. The molecule has 0 aliphatic heterocycles. The Labute approximate surface area is 333 Å². The highest BCUT2D eigenvalue weighted by molar-refractivity contribution is 6.32. The SMILES string of the molecule is CCOC(=O)C(F)C(C)=O.O=C(/C(=C/c1ccccc1)c1ccccc1)c1ccccc1.Oc1cc(-c2ccccc2)c(-c2ccccc2)c(-c2ccccc2)c1. The van der Waals surface area contributed by atoms with Crippen molar-refractivity contribution in [2.24, 2.45) is 0 Å². The van der Waals surface area contributed by atoms with Crippen LogP contribution in [0.5, 0.6) is 5.75 Å². The summed E-state index contributed by atoms with van der Waals surface area (Å²) in [4.78, 5) is 33.4. The highest BCUT2D eigenvalue weighted by Gasteiger charge is 2.23. The number of alkyl halides is 1. The van der Waals surface area contributed by atoms with Crippen LogP contribution in [0.4, 0.5) is 4.39 Å². The number of ether oxygens (including phenoxy) is 1. The lowest BCUT2D eigenvalue weighted by Gasteiger charge is -2.17. The maximum absolute atomic E-state index is 12.9. The zero-order chi connectivity index (χ0) is 40.4.